The Kier molecular flexibility index (Phi) is 4.26. The number of anilines is 1. The molecule has 7 nitrogen and oxygen atoms in total. The first-order valence-electron chi connectivity index (χ1n) is 7.94. The molecular formula is C19H14N4O3. The predicted octanol–water partition coefficient (Wildman–Crippen LogP) is 3.57. The first kappa shape index (κ1) is 15.8. The Morgan fingerprint density at radius 1 is 1.12 bits per heavy atom. The number of benzene rings is 1. The predicted molar refractivity (Wildman–Crippen MR) is 93.4 cm³/mol. The number of para-hydroxylation sites is 1. The van der Waals surface area contributed by atoms with E-state index in [1.807, 2.05) is 36.4 Å². The van der Waals surface area contributed by atoms with Crippen molar-refractivity contribution in [2.75, 3.05) is 5.32 Å². The lowest BCUT2D eigenvalue weighted by Crippen LogP contribution is -2.12. The van der Waals surface area contributed by atoms with Crippen LogP contribution in [0.25, 0.3) is 11.4 Å². The molecule has 0 aliphatic rings. The van der Waals surface area contributed by atoms with Crippen LogP contribution >= 0.6 is 0 Å². The molecule has 128 valence electrons. The summed E-state index contributed by atoms with van der Waals surface area (Å²) in [6.07, 6.45) is 6.61. The van der Waals surface area contributed by atoms with Gasteiger partial charge in [0.2, 0.25) is 11.7 Å². The van der Waals surface area contributed by atoms with Gasteiger partial charge in [0.15, 0.2) is 0 Å². The Labute approximate surface area is 148 Å². The lowest BCUT2D eigenvalue weighted by Gasteiger charge is -2.08. The molecule has 0 fully saturated rings. The number of hydrogen-bond donors (Lipinski definition) is 1. The lowest BCUT2D eigenvalue weighted by molar-refractivity contribution is 0.102. The van der Waals surface area contributed by atoms with E-state index in [-0.39, 0.29) is 5.91 Å². The van der Waals surface area contributed by atoms with Crippen LogP contribution in [0.5, 0.6) is 0 Å². The minimum atomic E-state index is -0.243. The minimum Gasteiger partial charge on any atom is -0.472 e. The topological polar surface area (TPSA) is 94.1 Å². The molecule has 1 amide bonds. The number of hydrogen-bond acceptors (Lipinski definition) is 6. The van der Waals surface area contributed by atoms with E-state index >= 15 is 0 Å². The highest BCUT2D eigenvalue weighted by molar-refractivity contribution is 6.04. The number of carbonyl (C=O) groups excluding carboxylic acids is 1. The van der Waals surface area contributed by atoms with Gasteiger partial charge >= 0.3 is 0 Å². The molecule has 26 heavy (non-hydrogen) atoms. The van der Waals surface area contributed by atoms with Crippen molar-refractivity contribution in [3.05, 3.63) is 84.4 Å². The number of furan rings is 1. The van der Waals surface area contributed by atoms with Crippen molar-refractivity contribution in [2.45, 2.75) is 6.42 Å². The Morgan fingerprint density at radius 3 is 2.85 bits per heavy atom. The van der Waals surface area contributed by atoms with Crippen LogP contribution in [-0.4, -0.2) is 21.0 Å². The molecule has 0 saturated carbocycles. The average Bonchev–Trinajstić information content (AvgIpc) is 3.36. The van der Waals surface area contributed by atoms with Crippen molar-refractivity contribution in [3.8, 4) is 11.4 Å². The van der Waals surface area contributed by atoms with E-state index in [4.69, 9.17) is 8.94 Å². The molecule has 0 atom stereocenters. The zero-order valence-electron chi connectivity index (χ0n) is 13.6. The fraction of sp³-hybridized carbons (Fsp3) is 0.0526. The molecule has 0 unspecified atom stereocenters. The molecule has 0 spiro atoms. The van der Waals surface area contributed by atoms with Crippen LogP contribution in [0.4, 0.5) is 5.69 Å². The Hall–Kier alpha value is -3.74. The van der Waals surface area contributed by atoms with E-state index in [1.165, 1.54) is 12.5 Å². The maximum atomic E-state index is 12.2. The van der Waals surface area contributed by atoms with Gasteiger partial charge < -0.3 is 14.3 Å². The summed E-state index contributed by atoms with van der Waals surface area (Å²) in [6, 6.07) is 12.7. The van der Waals surface area contributed by atoms with Crippen molar-refractivity contribution in [1.82, 2.24) is 15.1 Å². The van der Waals surface area contributed by atoms with Crippen molar-refractivity contribution < 1.29 is 13.7 Å². The average molecular weight is 346 g/mol. The van der Waals surface area contributed by atoms with E-state index in [2.05, 4.69) is 20.4 Å². The maximum Gasteiger partial charge on any atom is 0.258 e. The quantitative estimate of drug-likeness (QED) is 0.594. The summed E-state index contributed by atoms with van der Waals surface area (Å²) < 4.78 is 10.3. The molecule has 0 bridgehead atoms. The summed E-state index contributed by atoms with van der Waals surface area (Å²) >= 11 is 0. The molecule has 0 saturated heterocycles. The standard InChI is InChI=1S/C19H14N4O3/c24-19(15-7-9-25-12-15)21-16-6-2-1-4-13(16)10-17-22-18(23-26-17)14-5-3-8-20-11-14/h1-9,11-12H,10H2,(H,21,24). The van der Waals surface area contributed by atoms with E-state index in [0.717, 1.165) is 11.1 Å². The van der Waals surface area contributed by atoms with Crippen LogP contribution in [-0.2, 0) is 6.42 Å². The normalized spacial score (nSPS) is 10.6. The summed E-state index contributed by atoms with van der Waals surface area (Å²) in [7, 11) is 0. The monoisotopic (exact) mass is 346 g/mol. The third-order valence-corrected chi connectivity index (χ3v) is 3.78. The van der Waals surface area contributed by atoms with Gasteiger partial charge in [0.1, 0.15) is 6.26 Å². The molecule has 1 N–H and O–H groups in total. The fourth-order valence-corrected chi connectivity index (χ4v) is 2.49. The van der Waals surface area contributed by atoms with Crippen LogP contribution in [0.3, 0.4) is 0 Å². The molecular weight excluding hydrogens is 332 g/mol. The maximum absolute atomic E-state index is 12.2. The summed E-state index contributed by atoms with van der Waals surface area (Å²) in [5.74, 6) is 0.689. The fourth-order valence-electron chi connectivity index (χ4n) is 2.49. The lowest BCUT2D eigenvalue weighted by atomic mass is 10.1. The van der Waals surface area contributed by atoms with E-state index in [0.29, 0.717) is 29.4 Å². The minimum absolute atomic E-state index is 0.243. The molecule has 4 rings (SSSR count). The van der Waals surface area contributed by atoms with Crippen molar-refractivity contribution in [2.24, 2.45) is 0 Å². The first-order chi connectivity index (χ1) is 12.8. The Balaban J connectivity index is 1.54. The zero-order valence-corrected chi connectivity index (χ0v) is 13.6. The van der Waals surface area contributed by atoms with Crippen LogP contribution in [0.1, 0.15) is 21.8 Å². The third-order valence-electron chi connectivity index (χ3n) is 3.78. The van der Waals surface area contributed by atoms with E-state index < -0.39 is 0 Å². The highest BCUT2D eigenvalue weighted by Gasteiger charge is 2.14. The van der Waals surface area contributed by atoms with Gasteiger partial charge in [-0.2, -0.15) is 4.98 Å². The van der Waals surface area contributed by atoms with Gasteiger partial charge in [-0.1, -0.05) is 23.4 Å². The van der Waals surface area contributed by atoms with Crippen LogP contribution < -0.4 is 5.32 Å². The highest BCUT2D eigenvalue weighted by Crippen LogP contribution is 2.21. The van der Waals surface area contributed by atoms with Crippen LogP contribution in [0, 0.1) is 0 Å². The Morgan fingerprint density at radius 2 is 2.04 bits per heavy atom. The number of pyridine rings is 1. The Bertz CT molecular complexity index is 1010. The summed E-state index contributed by atoms with van der Waals surface area (Å²) in [5.41, 5.74) is 2.78. The second-order valence-electron chi connectivity index (χ2n) is 5.55. The van der Waals surface area contributed by atoms with Gasteiger partial charge in [0.05, 0.1) is 18.2 Å². The molecule has 0 aliphatic heterocycles. The molecule has 0 radical (unpaired) electrons. The molecule has 4 aromatic rings. The van der Waals surface area contributed by atoms with Gasteiger partial charge in [0, 0.05) is 23.6 Å². The molecule has 7 heteroatoms. The van der Waals surface area contributed by atoms with Crippen molar-refractivity contribution >= 4 is 11.6 Å². The zero-order chi connectivity index (χ0) is 17.8. The molecule has 3 heterocycles. The first-order valence-corrected chi connectivity index (χ1v) is 7.94. The van der Waals surface area contributed by atoms with E-state index in [1.54, 1.807) is 18.5 Å². The van der Waals surface area contributed by atoms with Gasteiger partial charge in [-0.15, -0.1) is 0 Å². The largest absolute Gasteiger partial charge is 0.472 e. The smallest absolute Gasteiger partial charge is 0.258 e. The van der Waals surface area contributed by atoms with E-state index in [9.17, 15) is 4.79 Å². The van der Waals surface area contributed by atoms with Gasteiger partial charge in [-0.25, -0.2) is 0 Å². The van der Waals surface area contributed by atoms with Gasteiger partial charge in [-0.05, 0) is 29.8 Å². The number of amides is 1. The number of carbonyl (C=O) groups is 1. The number of rotatable bonds is 5. The van der Waals surface area contributed by atoms with Crippen LogP contribution in [0.2, 0.25) is 0 Å². The molecule has 1 aromatic carbocycles. The van der Waals surface area contributed by atoms with Crippen LogP contribution in [0.15, 0.2) is 76.3 Å². The SMILES string of the molecule is O=C(Nc1ccccc1Cc1nc(-c2cccnc2)no1)c1ccoc1. The van der Waals surface area contributed by atoms with Gasteiger partial charge in [0.25, 0.3) is 5.91 Å². The van der Waals surface area contributed by atoms with Gasteiger partial charge in [-0.3, -0.25) is 9.78 Å². The molecule has 0 aliphatic carbocycles. The second-order valence-corrected chi connectivity index (χ2v) is 5.55. The number of aromatic nitrogens is 3. The number of nitrogens with one attached hydrogen (secondary N) is 1. The third kappa shape index (κ3) is 3.36. The van der Waals surface area contributed by atoms with Crippen molar-refractivity contribution in [3.63, 3.8) is 0 Å². The summed E-state index contributed by atoms with van der Waals surface area (Å²) in [6.45, 7) is 0. The number of nitrogens with zero attached hydrogens (tertiary/aromatic N) is 3. The highest BCUT2D eigenvalue weighted by atomic mass is 16.5. The molecule has 3 aromatic heterocycles. The summed E-state index contributed by atoms with van der Waals surface area (Å²) in [4.78, 5) is 20.7. The summed E-state index contributed by atoms with van der Waals surface area (Å²) in [5, 5.41) is 6.86. The van der Waals surface area contributed by atoms with Crippen molar-refractivity contribution in [1.29, 1.82) is 0 Å². The second kappa shape index (κ2) is 7.02.